The first-order valence-corrected chi connectivity index (χ1v) is 11.5. The summed E-state index contributed by atoms with van der Waals surface area (Å²) >= 11 is 0. The predicted molar refractivity (Wildman–Crippen MR) is 116 cm³/mol. The number of hydrogen-bond acceptors (Lipinski definition) is 3. The van der Waals surface area contributed by atoms with Gasteiger partial charge in [-0.1, -0.05) is 18.2 Å². The predicted octanol–water partition coefficient (Wildman–Crippen LogP) is 4.20. The average Bonchev–Trinajstić information content (AvgIpc) is 3.20. The highest BCUT2D eigenvalue weighted by Gasteiger charge is 2.29. The minimum atomic E-state index is -3.57. The normalized spacial score (nSPS) is 16.0. The molecule has 0 aromatic heterocycles. The van der Waals surface area contributed by atoms with Crippen LogP contribution in [0.2, 0.25) is 0 Å². The Kier molecular flexibility index (Phi) is 6.15. The Hall–Kier alpha value is -2.18. The zero-order valence-electron chi connectivity index (χ0n) is 17.9. The molecule has 29 heavy (non-hydrogen) atoms. The number of nitrogens with one attached hydrogen (secondary N) is 1. The molecule has 0 saturated carbocycles. The molecule has 0 unspecified atom stereocenters. The molecule has 0 radical (unpaired) electrons. The van der Waals surface area contributed by atoms with Gasteiger partial charge in [0.05, 0.1) is 10.9 Å². The monoisotopic (exact) mass is 414 g/mol. The second-order valence-electron chi connectivity index (χ2n) is 8.08. The number of benzene rings is 2. The summed E-state index contributed by atoms with van der Waals surface area (Å²) in [7, 11) is -3.57. The van der Waals surface area contributed by atoms with Crippen LogP contribution in [0.3, 0.4) is 0 Å². The van der Waals surface area contributed by atoms with E-state index in [1.807, 2.05) is 13.8 Å². The van der Waals surface area contributed by atoms with E-state index >= 15 is 0 Å². The van der Waals surface area contributed by atoms with E-state index in [1.54, 1.807) is 19.1 Å². The maximum absolute atomic E-state index is 13.0. The van der Waals surface area contributed by atoms with E-state index in [1.165, 1.54) is 21.5 Å². The molecule has 1 aliphatic heterocycles. The van der Waals surface area contributed by atoms with E-state index in [4.69, 9.17) is 0 Å². The third-order valence-corrected chi connectivity index (χ3v) is 7.87. The lowest BCUT2D eigenvalue weighted by atomic mass is 9.96. The van der Waals surface area contributed by atoms with Crippen LogP contribution in [0.5, 0.6) is 0 Å². The minimum absolute atomic E-state index is 0.179. The van der Waals surface area contributed by atoms with Gasteiger partial charge in [0.25, 0.3) is 5.91 Å². The topological polar surface area (TPSA) is 66.5 Å². The van der Waals surface area contributed by atoms with Crippen LogP contribution in [0.15, 0.2) is 35.2 Å². The molecule has 0 bridgehead atoms. The van der Waals surface area contributed by atoms with Crippen molar-refractivity contribution in [2.75, 3.05) is 13.1 Å². The van der Waals surface area contributed by atoms with Gasteiger partial charge in [-0.2, -0.15) is 4.31 Å². The van der Waals surface area contributed by atoms with Gasteiger partial charge in [0.15, 0.2) is 0 Å². The standard InChI is InChI=1S/C23H30N2O3S/c1-15-8-9-20(14-22(15)29(27,28)25-10-6-7-11-25)23(26)24-19(5)21-13-17(3)16(2)12-18(21)4/h8-9,12-14,19H,6-7,10-11H2,1-5H3,(H,24,26)/t19-/m1/s1. The van der Waals surface area contributed by atoms with Gasteiger partial charge < -0.3 is 5.32 Å². The lowest BCUT2D eigenvalue weighted by Gasteiger charge is -2.20. The summed E-state index contributed by atoms with van der Waals surface area (Å²) in [6.45, 7) is 11.0. The van der Waals surface area contributed by atoms with Gasteiger partial charge >= 0.3 is 0 Å². The summed E-state index contributed by atoms with van der Waals surface area (Å²) in [6.07, 6.45) is 1.76. The summed E-state index contributed by atoms with van der Waals surface area (Å²) in [6, 6.07) is 8.96. The average molecular weight is 415 g/mol. The molecular formula is C23H30N2O3S. The second kappa shape index (κ2) is 8.28. The zero-order chi connectivity index (χ0) is 21.3. The molecule has 1 amide bonds. The van der Waals surface area contributed by atoms with Crippen molar-refractivity contribution in [3.05, 3.63) is 63.7 Å². The molecule has 2 aromatic rings. The van der Waals surface area contributed by atoms with Crippen LogP contribution < -0.4 is 5.32 Å². The van der Waals surface area contributed by atoms with Crippen molar-refractivity contribution in [1.82, 2.24) is 9.62 Å². The SMILES string of the molecule is Cc1cc(C)c([C@@H](C)NC(=O)c2ccc(C)c(S(=O)(=O)N3CCCC3)c2)cc1C. The van der Waals surface area contributed by atoms with Crippen molar-refractivity contribution >= 4 is 15.9 Å². The van der Waals surface area contributed by atoms with Crippen molar-refractivity contribution in [1.29, 1.82) is 0 Å². The van der Waals surface area contributed by atoms with Crippen molar-refractivity contribution in [3.63, 3.8) is 0 Å². The second-order valence-corrected chi connectivity index (χ2v) is 9.99. The number of nitrogens with zero attached hydrogens (tertiary/aromatic N) is 1. The molecular weight excluding hydrogens is 384 g/mol. The first kappa shape index (κ1) is 21.5. The Bertz CT molecular complexity index is 1040. The molecule has 1 aliphatic rings. The number of hydrogen-bond donors (Lipinski definition) is 1. The van der Waals surface area contributed by atoms with Gasteiger partial charge in [-0.05, 0) is 87.4 Å². The summed E-state index contributed by atoms with van der Waals surface area (Å²) < 4.78 is 27.5. The van der Waals surface area contributed by atoms with E-state index in [-0.39, 0.29) is 16.8 Å². The number of carbonyl (C=O) groups excluding carboxylic acids is 1. The Balaban J connectivity index is 1.86. The molecule has 1 saturated heterocycles. The largest absolute Gasteiger partial charge is 0.346 e. The highest BCUT2D eigenvalue weighted by atomic mass is 32.2. The van der Waals surface area contributed by atoms with E-state index in [9.17, 15) is 13.2 Å². The number of carbonyl (C=O) groups is 1. The van der Waals surface area contributed by atoms with E-state index in [0.717, 1.165) is 24.0 Å². The molecule has 1 N–H and O–H groups in total. The summed E-state index contributed by atoms with van der Waals surface area (Å²) in [4.78, 5) is 13.1. The number of sulfonamides is 1. The summed E-state index contributed by atoms with van der Waals surface area (Å²) in [5.74, 6) is -0.270. The Morgan fingerprint density at radius 3 is 2.21 bits per heavy atom. The Labute approximate surface area is 174 Å². The molecule has 2 aromatic carbocycles. The van der Waals surface area contributed by atoms with E-state index < -0.39 is 10.0 Å². The first-order chi connectivity index (χ1) is 13.6. The minimum Gasteiger partial charge on any atom is -0.346 e. The number of rotatable bonds is 5. The van der Waals surface area contributed by atoms with Crippen LogP contribution in [0.25, 0.3) is 0 Å². The smallest absolute Gasteiger partial charge is 0.251 e. The highest BCUT2D eigenvalue weighted by Crippen LogP contribution is 2.26. The number of amides is 1. The van der Waals surface area contributed by atoms with Gasteiger partial charge in [0.1, 0.15) is 0 Å². The van der Waals surface area contributed by atoms with Crippen LogP contribution in [0.1, 0.15) is 64.0 Å². The fraction of sp³-hybridized carbons (Fsp3) is 0.435. The number of aryl methyl sites for hydroxylation is 4. The van der Waals surface area contributed by atoms with Crippen LogP contribution in [0.4, 0.5) is 0 Å². The van der Waals surface area contributed by atoms with Crippen molar-refractivity contribution in [2.45, 2.75) is 58.4 Å². The van der Waals surface area contributed by atoms with Crippen LogP contribution >= 0.6 is 0 Å². The van der Waals surface area contributed by atoms with Crippen LogP contribution in [0, 0.1) is 27.7 Å². The molecule has 1 atom stereocenters. The maximum Gasteiger partial charge on any atom is 0.251 e. The highest BCUT2D eigenvalue weighted by molar-refractivity contribution is 7.89. The Morgan fingerprint density at radius 1 is 0.931 bits per heavy atom. The molecule has 3 rings (SSSR count). The zero-order valence-corrected chi connectivity index (χ0v) is 18.7. The fourth-order valence-corrected chi connectivity index (χ4v) is 5.66. The molecule has 1 heterocycles. The lowest BCUT2D eigenvalue weighted by molar-refractivity contribution is 0.0939. The van der Waals surface area contributed by atoms with Gasteiger partial charge in [0, 0.05) is 18.7 Å². The van der Waals surface area contributed by atoms with E-state index in [0.29, 0.717) is 24.2 Å². The van der Waals surface area contributed by atoms with Crippen molar-refractivity contribution in [3.8, 4) is 0 Å². The van der Waals surface area contributed by atoms with Gasteiger partial charge in [-0.25, -0.2) is 8.42 Å². The molecule has 0 spiro atoms. The van der Waals surface area contributed by atoms with Crippen LogP contribution in [-0.2, 0) is 10.0 Å². The summed E-state index contributed by atoms with van der Waals surface area (Å²) in [5.41, 5.74) is 5.62. The maximum atomic E-state index is 13.0. The van der Waals surface area contributed by atoms with Gasteiger partial charge in [-0.3, -0.25) is 4.79 Å². The van der Waals surface area contributed by atoms with Crippen molar-refractivity contribution in [2.24, 2.45) is 0 Å². The molecule has 156 valence electrons. The molecule has 5 nitrogen and oxygen atoms in total. The third-order valence-electron chi connectivity index (χ3n) is 5.83. The Morgan fingerprint density at radius 2 is 1.55 bits per heavy atom. The van der Waals surface area contributed by atoms with Crippen LogP contribution in [-0.4, -0.2) is 31.7 Å². The molecule has 0 aliphatic carbocycles. The molecule has 6 heteroatoms. The third kappa shape index (κ3) is 4.38. The fourth-order valence-electron chi connectivity index (χ4n) is 3.89. The van der Waals surface area contributed by atoms with E-state index in [2.05, 4.69) is 31.3 Å². The summed E-state index contributed by atoms with van der Waals surface area (Å²) in [5, 5.41) is 3.02. The van der Waals surface area contributed by atoms with Crippen molar-refractivity contribution < 1.29 is 13.2 Å². The molecule has 1 fully saturated rings. The quantitative estimate of drug-likeness (QED) is 0.797. The first-order valence-electron chi connectivity index (χ1n) is 10.1. The van der Waals surface area contributed by atoms with Gasteiger partial charge in [-0.15, -0.1) is 0 Å². The van der Waals surface area contributed by atoms with Gasteiger partial charge in [0.2, 0.25) is 10.0 Å². The lowest BCUT2D eigenvalue weighted by Crippen LogP contribution is -2.30.